The number of carbonyl (C=O) groups excluding carboxylic acids is 1. The van der Waals surface area contributed by atoms with Gasteiger partial charge in [-0.3, -0.25) is 4.90 Å². The summed E-state index contributed by atoms with van der Waals surface area (Å²) in [6, 6.07) is 17.1. The molecular formula is C22H27ClN2O. The van der Waals surface area contributed by atoms with E-state index in [-0.39, 0.29) is 22.9 Å². The lowest BCUT2D eigenvalue weighted by molar-refractivity contribution is 0.253. The first-order valence-corrected chi connectivity index (χ1v) is 9.45. The third kappa shape index (κ3) is 3.09. The highest BCUT2D eigenvalue weighted by Crippen LogP contribution is 2.70. The maximum Gasteiger partial charge on any atom is 0.326 e. The third-order valence-corrected chi connectivity index (χ3v) is 6.72. The Morgan fingerprint density at radius 3 is 2.08 bits per heavy atom. The van der Waals surface area contributed by atoms with Crippen LogP contribution >= 0.6 is 11.6 Å². The van der Waals surface area contributed by atoms with Crippen LogP contribution in [-0.4, -0.2) is 12.1 Å². The molecule has 1 N–H and O–H groups in total. The number of hydrogen-bond donors (Lipinski definition) is 1. The van der Waals surface area contributed by atoms with Crippen molar-refractivity contribution >= 4 is 29.0 Å². The summed E-state index contributed by atoms with van der Waals surface area (Å²) in [5.74, 6) is 0.409. The van der Waals surface area contributed by atoms with Gasteiger partial charge in [0.1, 0.15) is 0 Å². The minimum absolute atomic E-state index is 0.0601. The van der Waals surface area contributed by atoms with Gasteiger partial charge in [-0.1, -0.05) is 69.6 Å². The summed E-state index contributed by atoms with van der Waals surface area (Å²) in [7, 11) is 0. The second-order valence-corrected chi connectivity index (χ2v) is 8.68. The summed E-state index contributed by atoms with van der Waals surface area (Å²) in [4.78, 5) is 15.1. The predicted molar refractivity (Wildman–Crippen MR) is 110 cm³/mol. The van der Waals surface area contributed by atoms with Crippen LogP contribution in [0, 0.1) is 16.7 Å². The fraction of sp³-hybridized carbons (Fsp3) is 0.409. The lowest BCUT2D eigenvalue weighted by Gasteiger charge is -2.31. The van der Waals surface area contributed by atoms with Crippen LogP contribution < -0.4 is 10.2 Å². The van der Waals surface area contributed by atoms with Crippen LogP contribution in [0.5, 0.6) is 0 Å². The molecule has 1 atom stereocenters. The van der Waals surface area contributed by atoms with Crippen LogP contribution in [0.2, 0.25) is 5.02 Å². The third-order valence-electron chi connectivity index (χ3n) is 6.39. The molecule has 0 saturated heterocycles. The Morgan fingerprint density at radius 1 is 1.00 bits per heavy atom. The lowest BCUT2D eigenvalue weighted by atomic mass is 10.0. The van der Waals surface area contributed by atoms with Gasteiger partial charge in [0.25, 0.3) is 0 Å². The number of anilines is 2. The van der Waals surface area contributed by atoms with Crippen LogP contribution in [0.3, 0.4) is 0 Å². The van der Waals surface area contributed by atoms with E-state index in [4.69, 9.17) is 11.6 Å². The minimum Gasteiger partial charge on any atom is -0.306 e. The molecule has 0 aliphatic heterocycles. The second kappa shape index (κ2) is 6.62. The molecule has 0 bridgehead atoms. The van der Waals surface area contributed by atoms with Gasteiger partial charge in [0.2, 0.25) is 0 Å². The number of hydrogen-bond acceptors (Lipinski definition) is 1. The maximum atomic E-state index is 13.2. The average Bonchev–Trinajstić information content (AvgIpc) is 3.00. The molecule has 1 aliphatic rings. The number of benzene rings is 2. The molecule has 0 spiro atoms. The molecule has 1 saturated carbocycles. The first kappa shape index (κ1) is 18.8. The topological polar surface area (TPSA) is 32.3 Å². The summed E-state index contributed by atoms with van der Waals surface area (Å²) in [6.07, 6.45) is 0. The van der Waals surface area contributed by atoms with Gasteiger partial charge < -0.3 is 5.32 Å². The van der Waals surface area contributed by atoms with Crippen LogP contribution in [0.4, 0.5) is 16.2 Å². The van der Waals surface area contributed by atoms with E-state index >= 15 is 0 Å². The number of amides is 2. The van der Waals surface area contributed by atoms with Gasteiger partial charge in [0.05, 0.1) is 10.7 Å². The van der Waals surface area contributed by atoms with Gasteiger partial charge in [-0.25, -0.2) is 4.79 Å². The van der Waals surface area contributed by atoms with Crippen molar-refractivity contribution in [3.63, 3.8) is 0 Å². The zero-order valence-electron chi connectivity index (χ0n) is 16.1. The fourth-order valence-electron chi connectivity index (χ4n) is 4.47. The zero-order chi connectivity index (χ0) is 19.1. The summed E-state index contributed by atoms with van der Waals surface area (Å²) >= 11 is 6.23. The number of nitrogens with one attached hydrogen (secondary N) is 1. The maximum absolute atomic E-state index is 13.2. The van der Waals surface area contributed by atoms with Crippen LogP contribution in [0.1, 0.15) is 34.6 Å². The van der Waals surface area contributed by atoms with Gasteiger partial charge in [0.15, 0.2) is 0 Å². The van der Waals surface area contributed by atoms with E-state index in [2.05, 4.69) is 39.9 Å². The molecule has 2 aromatic carbocycles. The van der Waals surface area contributed by atoms with E-state index in [0.29, 0.717) is 16.6 Å². The number of halogens is 1. The van der Waals surface area contributed by atoms with Crippen molar-refractivity contribution in [1.29, 1.82) is 0 Å². The molecule has 2 amide bonds. The van der Waals surface area contributed by atoms with E-state index in [1.165, 1.54) is 0 Å². The van der Waals surface area contributed by atoms with E-state index in [9.17, 15) is 4.79 Å². The Morgan fingerprint density at radius 2 is 1.54 bits per heavy atom. The highest BCUT2D eigenvalue weighted by Gasteiger charge is 2.67. The molecule has 0 heterocycles. The summed E-state index contributed by atoms with van der Waals surface area (Å²) in [6.45, 7) is 11.3. The molecule has 26 heavy (non-hydrogen) atoms. The van der Waals surface area contributed by atoms with Crippen molar-refractivity contribution < 1.29 is 4.79 Å². The first-order valence-electron chi connectivity index (χ1n) is 9.07. The zero-order valence-corrected chi connectivity index (χ0v) is 16.8. The van der Waals surface area contributed by atoms with Gasteiger partial charge in [0, 0.05) is 11.7 Å². The fourth-order valence-corrected chi connectivity index (χ4v) is 4.65. The number of carbonyl (C=O) groups is 1. The van der Waals surface area contributed by atoms with E-state index in [1.807, 2.05) is 53.4 Å². The quantitative estimate of drug-likeness (QED) is 0.658. The van der Waals surface area contributed by atoms with E-state index in [0.717, 1.165) is 5.69 Å². The highest BCUT2D eigenvalue weighted by atomic mass is 35.5. The van der Waals surface area contributed by atoms with Crippen LogP contribution in [-0.2, 0) is 0 Å². The Bertz CT molecular complexity index is 787. The van der Waals surface area contributed by atoms with Crippen molar-refractivity contribution in [2.75, 3.05) is 10.2 Å². The highest BCUT2D eigenvalue weighted by molar-refractivity contribution is 6.33. The molecular weight excluding hydrogens is 344 g/mol. The monoisotopic (exact) mass is 370 g/mol. The normalized spacial score (nSPS) is 18.8. The van der Waals surface area contributed by atoms with Crippen molar-refractivity contribution in [2.45, 2.75) is 40.7 Å². The molecule has 138 valence electrons. The van der Waals surface area contributed by atoms with Crippen molar-refractivity contribution in [3.8, 4) is 0 Å². The molecule has 0 aromatic heterocycles. The Hall–Kier alpha value is -2.00. The molecule has 1 aliphatic carbocycles. The lowest BCUT2D eigenvalue weighted by Crippen LogP contribution is -2.44. The SMILES string of the molecule is C[C@@H](C1C(C)(C)C1(C)C)N(C(=O)Nc1ccccc1Cl)c1ccccc1. The average molecular weight is 371 g/mol. The first-order chi connectivity index (χ1) is 12.2. The van der Waals surface area contributed by atoms with Gasteiger partial charge in [-0.2, -0.15) is 0 Å². The van der Waals surface area contributed by atoms with Gasteiger partial charge in [-0.15, -0.1) is 0 Å². The smallest absolute Gasteiger partial charge is 0.306 e. The van der Waals surface area contributed by atoms with Crippen molar-refractivity contribution in [3.05, 3.63) is 59.6 Å². The summed E-state index contributed by atoms with van der Waals surface area (Å²) in [5.41, 5.74) is 1.89. The largest absolute Gasteiger partial charge is 0.326 e. The Kier molecular flexibility index (Phi) is 4.78. The molecule has 0 unspecified atom stereocenters. The second-order valence-electron chi connectivity index (χ2n) is 8.28. The van der Waals surface area contributed by atoms with Crippen LogP contribution in [0.15, 0.2) is 54.6 Å². The van der Waals surface area contributed by atoms with E-state index < -0.39 is 0 Å². The molecule has 0 radical (unpaired) electrons. The number of rotatable bonds is 4. The molecule has 4 heteroatoms. The van der Waals surface area contributed by atoms with Crippen molar-refractivity contribution in [2.24, 2.45) is 16.7 Å². The molecule has 2 aromatic rings. The Balaban J connectivity index is 1.92. The predicted octanol–water partition coefficient (Wildman–Crippen LogP) is 6.45. The molecule has 3 nitrogen and oxygen atoms in total. The minimum atomic E-state index is -0.157. The number of urea groups is 1. The van der Waals surface area contributed by atoms with E-state index in [1.54, 1.807) is 6.07 Å². The number of para-hydroxylation sites is 2. The standard InChI is InChI=1S/C22H27ClN2O/c1-15(19-21(2,3)22(19,4)5)25(16-11-7-6-8-12-16)20(26)24-18-14-10-9-13-17(18)23/h6-15,19H,1-5H3,(H,24,26)/t15-/m0/s1. The van der Waals surface area contributed by atoms with Gasteiger partial charge >= 0.3 is 6.03 Å². The Labute approximate surface area is 161 Å². The number of nitrogens with zero attached hydrogens (tertiary/aromatic N) is 1. The summed E-state index contributed by atoms with van der Waals surface area (Å²) in [5, 5.41) is 3.52. The molecule has 3 rings (SSSR count). The van der Waals surface area contributed by atoms with Gasteiger partial charge in [-0.05, 0) is 47.9 Å². The summed E-state index contributed by atoms with van der Waals surface area (Å²) < 4.78 is 0. The van der Waals surface area contributed by atoms with Crippen LogP contribution in [0.25, 0.3) is 0 Å². The molecule has 1 fully saturated rings. The van der Waals surface area contributed by atoms with Crippen molar-refractivity contribution in [1.82, 2.24) is 0 Å².